The van der Waals surface area contributed by atoms with Crippen molar-refractivity contribution in [1.82, 2.24) is 13.9 Å². The van der Waals surface area contributed by atoms with Crippen LogP contribution in [0.5, 0.6) is 0 Å². The third kappa shape index (κ3) is 2.21. The van der Waals surface area contributed by atoms with Crippen LogP contribution >= 0.6 is 11.8 Å². The largest absolute Gasteiger partial charge is 0.339 e. The Morgan fingerprint density at radius 3 is 2.42 bits per heavy atom. The van der Waals surface area contributed by atoms with Gasteiger partial charge in [-0.1, -0.05) is 0 Å². The number of aryl methyl sites for hydroxylation is 1. The number of hydrogen-bond donors (Lipinski definition) is 0. The summed E-state index contributed by atoms with van der Waals surface area (Å²) in [5.74, 6) is 0. The molecule has 2 aliphatic rings. The molecule has 1 aromatic rings. The average Bonchev–Trinajstić information content (AvgIpc) is 2.92. The van der Waals surface area contributed by atoms with E-state index in [0.29, 0.717) is 5.25 Å². The van der Waals surface area contributed by atoms with Gasteiger partial charge in [-0.25, -0.2) is 13.4 Å². The second kappa shape index (κ2) is 4.79. The summed E-state index contributed by atoms with van der Waals surface area (Å²) in [6.45, 7) is 0. The molecule has 3 heterocycles. The van der Waals surface area contributed by atoms with E-state index in [4.69, 9.17) is 0 Å². The number of fused-ring (bicyclic) bond motifs is 2. The fourth-order valence-electron chi connectivity index (χ4n) is 3.30. The highest BCUT2D eigenvalue weighted by Gasteiger charge is 2.47. The second-order valence-corrected chi connectivity index (χ2v) is 8.35. The number of hydrogen-bond acceptors (Lipinski definition) is 4. The summed E-state index contributed by atoms with van der Waals surface area (Å²) in [5.41, 5.74) is 0. The minimum atomic E-state index is -3.42. The van der Waals surface area contributed by atoms with Gasteiger partial charge in [0, 0.05) is 30.6 Å². The Bertz CT molecular complexity index is 555. The molecule has 2 saturated heterocycles. The van der Waals surface area contributed by atoms with Crippen LogP contribution in [-0.2, 0) is 17.1 Å². The van der Waals surface area contributed by atoms with Gasteiger partial charge in [-0.05, 0) is 31.9 Å². The fraction of sp³-hybridized carbons (Fsp3) is 0.750. The molecule has 2 fully saturated rings. The van der Waals surface area contributed by atoms with Gasteiger partial charge in [-0.2, -0.15) is 16.1 Å². The number of imidazole rings is 1. The molecule has 0 saturated carbocycles. The Hall–Kier alpha value is -0.530. The first kappa shape index (κ1) is 13.5. The van der Waals surface area contributed by atoms with E-state index < -0.39 is 10.0 Å². The summed E-state index contributed by atoms with van der Waals surface area (Å²) in [5, 5.41) is 0.794. The molecule has 2 bridgehead atoms. The molecule has 0 amide bonds. The number of rotatable bonds is 3. The summed E-state index contributed by atoms with van der Waals surface area (Å²) < 4.78 is 28.8. The van der Waals surface area contributed by atoms with E-state index in [1.807, 2.05) is 11.8 Å². The molecular formula is C12H19N3O2S2. The van der Waals surface area contributed by atoms with Crippen LogP contribution in [0.1, 0.15) is 25.7 Å². The normalized spacial score (nSPS) is 31.8. The summed E-state index contributed by atoms with van der Waals surface area (Å²) in [7, 11) is -1.62. The highest BCUT2D eigenvalue weighted by Crippen LogP contribution is 2.42. The second-order valence-electron chi connectivity index (χ2n) is 5.43. The number of sulfonamides is 1. The van der Waals surface area contributed by atoms with Crippen LogP contribution in [0.2, 0.25) is 0 Å². The van der Waals surface area contributed by atoms with Gasteiger partial charge in [0.1, 0.15) is 0 Å². The average molecular weight is 301 g/mol. The smallest absolute Gasteiger partial charge is 0.262 e. The van der Waals surface area contributed by atoms with E-state index in [0.717, 1.165) is 25.7 Å². The van der Waals surface area contributed by atoms with E-state index in [9.17, 15) is 8.42 Å². The predicted octanol–water partition coefficient (Wildman–Crippen LogP) is 1.47. The molecule has 0 spiro atoms. The third-order valence-corrected chi connectivity index (χ3v) is 7.12. The van der Waals surface area contributed by atoms with Crippen LogP contribution in [0.25, 0.3) is 0 Å². The number of aromatic nitrogens is 2. The monoisotopic (exact) mass is 301 g/mol. The first-order valence-corrected chi connectivity index (χ1v) is 9.29. The molecule has 0 aromatic carbocycles. The van der Waals surface area contributed by atoms with Crippen LogP contribution in [0.4, 0.5) is 0 Å². The lowest BCUT2D eigenvalue weighted by Crippen LogP contribution is -2.47. The predicted molar refractivity (Wildman–Crippen MR) is 75.6 cm³/mol. The van der Waals surface area contributed by atoms with Crippen molar-refractivity contribution in [3.8, 4) is 0 Å². The van der Waals surface area contributed by atoms with Gasteiger partial charge in [0.25, 0.3) is 10.0 Å². The molecule has 0 radical (unpaired) electrons. The van der Waals surface area contributed by atoms with Crippen molar-refractivity contribution in [3.63, 3.8) is 0 Å². The van der Waals surface area contributed by atoms with E-state index in [-0.39, 0.29) is 17.1 Å². The molecule has 5 nitrogen and oxygen atoms in total. The van der Waals surface area contributed by atoms with Crippen molar-refractivity contribution in [3.05, 3.63) is 12.5 Å². The SMILES string of the molecule is CSC1CC2CCC(C1)N2S(=O)(=O)c1cn(C)cn1. The van der Waals surface area contributed by atoms with Crippen LogP contribution in [0, 0.1) is 0 Å². The van der Waals surface area contributed by atoms with Gasteiger partial charge in [-0.3, -0.25) is 0 Å². The summed E-state index contributed by atoms with van der Waals surface area (Å²) >= 11 is 1.86. The van der Waals surface area contributed by atoms with E-state index in [2.05, 4.69) is 11.2 Å². The minimum Gasteiger partial charge on any atom is -0.339 e. The quantitative estimate of drug-likeness (QED) is 0.848. The topological polar surface area (TPSA) is 55.2 Å². The molecular weight excluding hydrogens is 282 g/mol. The maximum Gasteiger partial charge on any atom is 0.262 e. The van der Waals surface area contributed by atoms with Crippen molar-refractivity contribution < 1.29 is 8.42 Å². The van der Waals surface area contributed by atoms with Crippen molar-refractivity contribution in [2.45, 2.75) is 48.0 Å². The molecule has 0 aliphatic carbocycles. The van der Waals surface area contributed by atoms with Gasteiger partial charge < -0.3 is 4.57 Å². The van der Waals surface area contributed by atoms with Gasteiger partial charge in [0.15, 0.2) is 5.03 Å². The molecule has 0 N–H and O–H groups in total. The maximum atomic E-state index is 12.7. The van der Waals surface area contributed by atoms with Crippen LogP contribution in [0.3, 0.4) is 0 Å². The molecule has 3 rings (SSSR count). The van der Waals surface area contributed by atoms with Crippen LogP contribution in [-0.4, -0.2) is 45.9 Å². The lowest BCUT2D eigenvalue weighted by atomic mass is 10.1. The van der Waals surface area contributed by atoms with Crippen molar-refractivity contribution in [2.24, 2.45) is 7.05 Å². The van der Waals surface area contributed by atoms with Crippen LogP contribution in [0.15, 0.2) is 17.6 Å². The number of piperidine rings is 1. The minimum absolute atomic E-state index is 0.170. The van der Waals surface area contributed by atoms with Gasteiger partial charge in [0.05, 0.1) is 6.33 Å². The summed E-state index contributed by atoms with van der Waals surface area (Å²) in [6, 6.07) is 0.339. The van der Waals surface area contributed by atoms with Crippen LogP contribution < -0.4 is 0 Å². The number of nitrogens with zero attached hydrogens (tertiary/aromatic N) is 3. The molecule has 1 aromatic heterocycles. The zero-order chi connectivity index (χ0) is 13.6. The Labute approximate surface area is 118 Å². The zero-order valence-corrected chi connectivity index (χ0v) is 12.8. The summed E-state index contributed by atoms with van der Waals surface area (Å²) in [6.07, 6.45) is 9.20. The molecule has 2 unspecified atom stereocenters. The third-order valence-electron chi connectivity index (χ3n) is 4.18. The van der Waals surface area contributed by atoms with Gasteiger partial charge in [0.2, 0.25) is 0 Å². The van der Waals surface area contributed by atoms with E-state index in [1.54, 1.807) is 28.4 Å². The maximum absolute atomic E-state index is 12.7. The standard InChI is InChI=1S/C12H19N3O2S2/c1-14-7-12(13-8-14)19(16,17)15-9-3-4-10(15)6-11(5-9)18-2/h7-11H,3-6H2,1-2H3. The first-order valence-electron chi connectivity index (χ1n) is 6.56. The molecule has 7 heteroatoms. The molecule has 19 heavy (non-hydrogen) atoms. The fourth-order valence-corrected chi connectivity index (χ4v) is 5.99. The van der Waals surface area contributed by atoms with Crippen molar-refractivity contribution in [1.29, 1.82) is 0 Å². The van der Waals surface area contributed by atoms with Crippen molar-refractivity contribution in [2.75, 3.05) is 6.26 Å². The van der Waals surface area contributed by atoms with Gasteiger partial charge >= 0.3 is 0 Å². The molecule has 2 aliphatic heterocycles. The van der Waals surface area contributed by atoms with Gasteiger partial charge in [-0.15, -0.1) is 0 Å². The lowest BCUT2D eigenvalue weighted by molar-refractivity contribution is 0.252. The Morgan fingerprint density at radius 2 is 1.95 bits per heavy atom. The molecule has 106 valence electrons. The van der Waals surface area contributed by atoms with E-state index >= 15 is 0 Å². The summed E-state index contributed by atoms with van der Waals surface area (Å²) in [4.78, 5) is 4.03. The Kier molecular flexibility index (Phi) is 3.39. The number of thioether (sulfide) groups is 1. The Balaban J connectivity index is 1.91. The first-order chi connectivity index (χ1) is 9.02. The lowest BCUT2D eigenvalue weighted by Gasteiger charge is -2.36. The Morgan fingerprint density at radius 1 is 1.32 bits per heavy atom. The van der Waals surface area contributed by atoms with E-state index in [1.165, 1.54) is 0 Å². The molecule has 2 atom stereocenters. The zero-order valence-electron chi connectivity index (χ0n) is 11.2. The highest BCUT2D eigenvalue weighted by atomic mass is 32.2. The van der Waals surface area contributed by atoms with Crippen molar-refractivity contribution >= 4 is 21.8 Å². The highest BCUT2D eigenvalue weighted by molar-refractivity contribution is 7.99.